The van der Waals surface area contributed by atoms with Crippen molar-refractivity contribution in [2.45, 2.75) is 4.43 Å². The van der Waals surface area contributed by atoms with E-state index in [9.17, 15) is 0 Å². The Labute approximate surface area is 117 Å². The lowest BCUT2D eigenvalue weighted by Gasteiger charge is -2.08. The van der Waals surface area contributed by atoms with Crippen LogP contribution >= 0.6 is 38.5 Å². The van der Waals surface area contributed by atoms with Crippen molar-refractivity contribution >= 4 is 38.5 Å². The van der Waals surface area contributed by atoms with Crippen molar-refractivity contribution in [1.82, 2.24) is 0 Å². The van der Waals surface area contributed by atoms with Crippen molar-refractivity contribution in [3.05, 3.63) is 58.6 Å². The lowest BCUT2D eigenvalue weighted by molar-refractivity contribution is 0.479. The molecule has 0 radical (unpaired) electrons. The Hall–Kier alpha value is -0.550. The van der Waals surface area contributed by atoms with Gasteiger partial charge in [-0.2, -0.15) is 0 Å². The summed E-state index contributed by atoms with van der Waals surface area (Å²) in [6, 6.07) is 16.0. The molecule has 0 aromatic heterocycles. The first kappa shape index (κ1) is 11.9. The highest BCUT2D eigenvalue weighted by molar-refractivity contribution is 14.1. The molecule has 0 spiro atoms. The fraction of sp³-hybridized carbons (Fsp3) is 0.0769. The third-order valence-electron chi connectivity index (χ3n) is 2.12. The van der Waals surface area contributed by atoms with E-state index in [0.717, 1.165) is 20.4 Å². The van der Waals surface area contributed by atoms with E-state index in [2.05, 4.69) is 50.7 Å². The number of hydrogen-bond donors (Lipinski definition) is 0. The molecule has 82 valence electrons. The summed E-state index contributed by atoms with van der Waals surface area (Å²) < 4.78 is 7.76. The predicted octanol–water partition coefficient (Wildman–Crippen LogP) is 5.18. The molecule has 16 heavy (non-hydrogen) atoms. The van der Waals surface area contributed by atoms with E-state index in [4.69, 9.17) is 4.74 Å². The van der Waals surface area contributed by atoms with E-state index in [-0.39, 0.29) is 0 Å². The number of rotatable bonds is 3. The first-order chi connectivity index (χ1) is 7.79. The predicted molar refractivity (Wildman–Crippen MR) is 78.4 cm³/mol. The lowest BCUT2D eigenvalue weighted by atomic mass is 10.2. The Morgan fingerprint density at radius 2 is 1.81 bits per heavy atom. The summed E-state index contributed by atoms with van der Waals surface area (Å²) in [4.78, 5) is 0. The minimum atomic E-state index is 0.855. The van der Waals surface area contributed by atoms with Gasteiger partial charge in [0.1, 0.15) is 11.5 Å². The summed E-state index contributed by atoms with van der Waals surface area (Å²) in [6.07, 6.45) is 0. The highest BCUT2D eigenvalue weighted by Gasteiger charge is 2.03. The minimum Gasteiger partial charge on any atom is -0.456 e. The number of halogens is 2. The van der Waals surface area contributed by atoms with Crippen LogP contribution < -0.4 is 4.74 Å². The summed E-state index contributed by atoms with van der Waals surface area (Å²) >= 11 is 5.83. The van der Waals surface area contributed by atoms with Crippen LogP contribution in [-0.4, -0.2) is 0 Å². The molecule has 1 nitrogen and oxygen atoms in total. The van der Waals surface area contributed by atoms with Gasteiger partial charge < -0.3 is 4.74 Å². The number of ether oxygens (including phenoxy) is 1. The highest BCUT2D eigenvalue weighted by Crippen LogP contribution is 2.31. The second-order valence-corrected chi connectivity index (χ2v) is 4.93. The van der Waals surface area contributed by atoms with Gasteiger partial charge in [-0.1, -0.05) is 46.9 Å². The molecule has 0 amide bonds. The molecule has 2 aromatic carbocycles. The molecule has 0 N–H and O–H groups in total. The van der Waals surface area contributed by atoms with Gasteiger partial charge in [0.2, 0.25) is 0 Å². The fourth-order valence-corrected chi connectivity index (χ4v) is 2.13. The normalized spacial score (nSPS) is 10.1. The van der Waals surface area contributed by atoms with Crippen LogP contribution in [-0.2, 0) is 4.43 Å². The smallest absolute Gasteiger partial charge is 0.141 e. The van der Waals surface area contributed by atoms with Gasteiger partial charge >= 0.3 is 0 Å². The third kappa shape index (κ3) is 2.98. The van der Waals surface area contributed by atoms with E-state index in [0.29, 0.717) is 0 Å². The molecule has 0 bridgehead atoms. The largest absolute Gasteiger partial charge is 0.456 e. The molecule has 0 unspecified atom stereocenters. The maximum atomic E-state index is 5.80. The molecule has 2 rings (SSSR count). The minimum absolute atomic E-state index is 0.855. The van der Waals surface area contributed by atoms with Crippen LogP contribution in [0.15, 0.2) is 53.0 Å². The van der Waals surface area contributed by atoms with Crippen LogP contribution in [0.2, 0.25) is 0 Å². The van der Waals surface area contributed by atoms with Gasteiger partial charge in [0, 0.05) is 4.43 Å². The van der Waals surface area contributed by atoms with Crippen LogP contribution in [0.5, 0.6) is 11.5 Å². The Kier molecular flexibility index (Phi) is 4.23. The number of hydrogen-bond acceptors (Lipinski definition) is 1. The topological polar surface area (TPSA) is 9.23 Å². The van der Waals surface area contributed by atoms with Gasteiger partial charge in [0.15, 0.2) is 0 Å². The van der Waals surface area contributed by atoms with Crippen molar-refractivity contribution in [2.75, 3.05) is 0 Å². The molecule has 2 aromatic rings. The zero-order valence-electron chi connectivity index (χ0n) is 8.49. The van der Waals surface area contributed by atoms with E-state index in [1.165, 1.54) is 5.56 Å². The number of alkyl halides is 1. The van der Waals surface area contributed by atoms with Gasteiger partial charge in [0.25, 0.3) is 0 Å². The molecular weight excluding hydrogens is 379 g/mol. The third-order valence-corrected chi connectivity index (χ3v) is 3.66. The summed E-state index contributed by atoms with van der Waals surface area (Å²) in [5, 5.41) is 0. The maximum absolute atomic E-state index is 5.80. The molecule has 0 heterocycles. The Morgan fingerprint density at radius 3 is 2.50 bits per heavy atom. The van der Waals surface area contributed by atoms with Crippen molar-refractivity contribution in [1.29, 1.82) is 0 Å². The van der Waals surface area contributed by atoms with Gasteiger partial charge in [-0.25, -0.2) is 0 Å². The molecule has 0 saturated heterocycles. The Bertz CT molecular complexity index is 471. The zero-order valence-corrected chi connectivity index (χ0v) is 12.2. The summed E-state index contributed by atoms with van der Waals surface area (Å²) in [5.41, 5.74) is 1.26. The average Bonchev–Trinajstić information content (AvgIpc) is 2.33. The molecule has 3 heteroatoms. The van der Waals surface area contributed by atoms with E-state index >= 15 is 0 Å². The van der Waals surface area contributed by atoms with Crippen molar-refractivity contribution in [3.8, 4) is 11.5 Å². The lowest BCUT2D eigenvalue weighted by Crippen LogP contribution is -1.87. The Morgan fingerprint density at radius 1 is 1.06 bits per heavy atom. The molecule has 0 saturated carbocycles. The van der Waals surface area contributed by atoms with Crippen LogP contribution in [0, 0.1) is 0 Å². The summed E-state index contributed by atoms with van der Waals surface area (Å²) in [6.45, 7) is 0. The van der Waals surface area contributed by atoms with Crippen LogP contribution in [0.25, 0.3) is 0 Å². The standard InChI is InChI=1S/C13H10BrIO/c14-12-7-6-10(9-15)8-13(12)16-11-4-2-1-3-5-11/h1-8H,9H2. The molecule has 0 atom stereocenters. The Balaban J connectivity index is 2.27. The van der Waals surface area contributed by atoms with Gasteiger partial charge in [-0.05, 0) is 45.8 Å². The molecule has 0 aliphatic heterocycles. The van der Waals surface area contributed by atoms with Crippen LogP contribution in [0.3, 0.4) is 0 Å². The van der Waals surface area contributed by atoms with Gasteiger partial charge in [-0.3, -0.25) is 0 Å². The summed E-state index contributed by atoms with van der Waals surface area (Å²) in [7, 11) is 0. The zero-order chi connectivity index (χ0) is 11.4. The molecular formula is C13H10BrIO. The van der Waals surface area contributed by atoms with Crippen molar-refractivity contribution in [3.63, 3.8) is 0 Å². The highest BCUT2D eigenvalue weighted by atomic mass is 127. The van der Waals surface area contributed by atoms with E-state index < -0.39 is 0 Å². The van der Waals surface area contributed by atoms with Gasteiger partial charge in [0.05, 0.1) is 4.47 Å². The first-order valence-corrected chi connectivity index (χ1v) is 7.19. The SMILES string of the molecule is Brc1ccc(CI)cc1Oc1ccccc1. The maximum Gasteiger partial charge on any atom is 0.141 e. The monoisotopic (exact) mass is 388 g/mol. The van der Waals surface area contributed by atoms with Crippen LogP contribution in [0.1, 0.15) is 5.56 Å². The summed E-state index contributed by atoms with van der Waals surface area (Å²) in [5.74, 6) is 1.72. The second-order valence-electron chi connectivity index (χ2n) is 3.31. The van der Waals surface area contributed by atoms with Crippen molar-refractivity contribution in [2.24, 2.45) is 0 Å². The molecule has 0 aliphatic rings. The van der Waals surface area contributed by atoms with Gasteiger partial charge in [-0.15, -0.1) is 0 Å². The van der Waals surface area contributed by atoms with Crippen molar-refractivity contribution < 1.29 is 4.74 Å². The second kappa shape index (κ2) is 5.68. The average molecular weight is 389 g/mol. The van der Waals surface area contributed by atoms with Crippen LogP contribution in [0.4, 0.5) is 0 Å². The fourth-order valence-electron chi connectivity index (χ4n) is 1.32. The molecule has 0 aliphatic carbocycles. The number of para-hydroxylation sites is 1. The quantitative estimate of drug-likeness (QED) is 0.520. The molecule has 0 fully saturated rings. The van der Waals surface area contributed by atoms with E-state index in [1.54, 1.807) is 0 Å². The number of benzene rings is 2. The van der Waals surface area contributed by atoms with E-state index in [1.807, 2.05) is 36.4 Å². The first-order valence-electron chi connectivity index (χ1n) is 4.87.